The highest BCUT2D eigenvalue weighted by molar-refractivity contribution is 7.89. The van der Waals surface area contributed by atoms with E-state index in [0.717, 1.165) is 19.3 Å². The van der Waals surface area contributed by atoms with Crippen LogP contribution in [0.3, 0.4) is 0 Å². The number of aromatic nitrogens is 1. The molecule has 0 amide bonds. The summed E-state index contributed by atoms with van der Waals surface area (Å²) in [7, 11) is 0.303. The quantitative estimate of drug-likeness (QED) is 0.818. The normalized spacial score (nSPS) is 18.3. The van der Waals surface area contributed by atoms with Crippen molar-refractivity contribution in [3.63, 3.8) is 0 Å². The van der Waals surface area contributed by atoms with E-state index in [2.05, 4.69) is 14.6 Å². The molecule has 1 aromatic heterocycles. The van der Waals surface area contributed by atoms with Crippen LogP contribution >= 0.6 is 0 Å². The molecule has 0 unspecified atom stereocenters. The summed E-state index contributed by atoms with van der Waals surface area (Å²) in [5.41, 5.74) is 5.76. The van der Waals surface area contributed by atoms with E-state index in [9.17, 15) is 8.42 Å². The second-order valence-corrected chi connectivity index (χ2v) is 6.88. The second-order valence-electron chi connectivity index (χ2n) is 5.19. The Hall–Kier alpha value is -1.18. The molecule has 7 heteroatoms. The monoisotopic (exact) mass is 284 g/mol. The Morgan fingerprint density at radius 3 is 2.63 bits per heavy atom. The van der Waals surface area contributed by atoms with Crippen LogP contribution in [0, 0.1) is 0 Å². The highest BCUT2D eigenvalue weighted by Crippen LogP contribution is 2.35. The van der Waals surface area contributed by atoms with E-state index in [-0.39, 0.29) is 16.3 Å². The van der Waals surface area contributed by atoms with E-state index in [1.165, 1.54) is 12.3 Å². The van der Waals surface area contributed by atoms with Crippen molar-refractivity contribution in [3.05, 3.63) is 18.3 Å². The van der Waals surface area contributed by atoms with Crippen LogP contribution in [-0.4, -0.2) is 44.5 Å². The number of rotatable bonds is 5. The largest absolute Gasteiger partial charge is 0.396 e. The first-order chi connectivity index (χ1) is 8.87. The molecule has 3 N–H and O–H groups in total. The molecule has 1 aromatic rings. The molecule has 0 aromatic carbocycles. The summed E-state index contributed by atoms with van der Waals surface area (Å²) in [4.78, 5) is 5.93. The standard InChI is InChI=1S/C12H20N4O2S/c1-16(2)12(6-4-7-12)9-15-19(17,18)11-10(13)5-3-8-14-11/h3,5,8,15H,4,6-7,9,13H2,1-2H3. The van der Waals surface area contributed by atoms with Crippen molar-refractivity contribution in [2.45, 2.75) is 29.8 Å². The van der Waals surface area contributed by atoms with Crippen LogP contribution in [0.15, 0.2) is 23.4 Å². The summed E-state index contributed by atoms with van der Waals surface area (Å²) in [6.07, 6.45) is 4.56. The predicted octanol–water partition coefficient (Wildman–Crippen LogP) is 0.426. The molecule has 0 radical (unpaired) electrons. The number of pyridine rings is 1. The van der Waals surface area contributed by atoms with Crippen LogP contribution in [0.5, 0.6) is 0 Å². The van der Waals surface area contributed by atoms with Crippen LogP contribution in [-0.2, 0) is 10.0 Å². The summed E-state index contributed by atoms with van der Waals surface area (Å²) >= 11 is 0. The van der Waals surface area contributed by atoms with Crippen LogP contribution < -0.4 is 10.5 Å². The Bertz CT molecular complexity index is 553. The Labute approximate surface area is 114 Å². The maximum atomic E-state index is 12.2. The summed E-state index contributed by atoms with van der Waals surface area (Å²) in [6.45, 7) is 0.387. The van der Waals surface area contributed by atoms with Gasteiger partial charge in [-0.3, -0.25) is 0 Å². The van der Waals surface area contributed by atoms with E-state index in [1.54, 1.807) is 6.07 Å². The smallest absolute Gasteiger partial charge is 0.260 e. The zero-order valence-corrected chi connectivity index (χ0v) is 12.1. The van der Waals surface area contributed by atoms with Crippen LogP contribution in [0.4, 0.5) is 5.69 Å². The number of nitrogens with zero attached hydrogens (tertiary/aromatic N) is 2. The van der Waals surface area contributed by atoms with Crippen molar-refractivity contribution in [1.82, 2.24) is 14.6 Å². The minimum absolute atomic E-state index is 0.0728. The highest BCUT2D eigenvalue weighted by atomic mass is 32.2. The van der Waals surface area contributed by atoms with Gasteiger partial charge in [-0.25, -0.2) is 18.1 Å². The molecule has 0 spiro atoms. The first-order valence-corrected chi connectivity index (χ1v) is 7.73. The molecule has 6 nitrogen and oxygen atoms in total. The fourth-order valence-electron chi connectivity index (χ4n) is 2.29. The van der Waals surface area contributed by atoms with E-state index < -0.39 is 10.0 Å². The molecular weight excluding hydrogens is 264 g/mol. The van der Waals surface area contributed by atoms with Crippen molar-refractivity contribution < 1.29 is 8.42 Å². The maximum Gasteiger partial charge on any atom is 0.260 e. The van der Waals surface area contributed by atoms with Crippen molar-refractivity contribution >= 4 is 15.7 Å². The number of nitrogens with two attached hydrogens (primary N) is 1. The Balaban J connectivity index is 2.13. The Kier molecular flexibility index (Phi) is 3.80. The minimum atomic E-state index is -3.65. The summed E-state index contributed by atoms with van der Waals surface area (Å²) in [5.74, 6) is 0. The van der Waals surface area contributed by atoms with Gasteiger partial charge in [0.2, 0.25) is 0 Å². The molecule has 1 fully saturated rings. The average molecular weight is 284 g/mol. The fourth-order valence-corrected chi connectivity index (χ4v) is 3.47. The van der Waals surface area contributed by atoms with Crippen LogP contribution in [0.25, 0.3) is 0 Å². The fraction of sp³-hybridized carbons (Fsp3) is 0.583. The molecule has 0 saturated heterocycles. The third-order valence-electron chi connectivity index (χ3n) is 3.88. The summed E-state index contributed by atoms with van der Waals surface area (Å²) in [5, 5.41) is -0.0942. The van der Waals surface area contributed by atoms with Crippen LogP contribution in [0.1, 0.15) is 19.3 Å². The van der Waals surface area contributed by atoms with E-state index >= 15 is 0 Å². The topological polar surface area (TPSA) is 88.3 Å². The number of nitrogens with one attached hydrogen (secondary N) is 1. The number of anilines is 1. The molecule has 19 heavy (non-hydrogen) atoms. The number of sulfonamides is 1. The molecule has 1 heterocycles. The number of likely N-dealkylation sites (N-methyl/N-ethyl adjacent to an activating group) is 1. The Morgan fingerprint density at radius 1 is 1.47 bits per heavy atom. The lowest BCUT2D eigenvalue weighted by Gasteiger charge is -2.47. The van der Waals surface area contributed by atoms with Crippen molar-refractivity contribution in [2.24, 2.45) is 0 Å². The van der Waals surface area contributed by atoms with E-state index in [0.29, 0.717) is 6.54 Å². The molecule has 0 bridgehead atoms. The zero-order chi connectivity index (χ0) is 14.1. The van der Waals surface area contributed by atoms with Crippen molar-refractivity contribution in [2.75, 3.05) is 26.4 Å². The third-order valence-corrected chi connectivity index (χ3v) is 5.25. The van der Waals surface area contributed by atoms with E-state index in [1.807, 2.05) is 14.1 Å². The van der Waals surface area contributed by atoms with Gasteiger partial charge < -0.3 is 10.6 Å². The SMILES string of the molecule is CN(C)C1(CNS(=O)(=O)c2ncccc2N)CCC1. The van der Waals surface area contributed by atoms with Gasteiger partial charge in [-0.05, 0) is 45.5 Å². The lowest BCUT2D eigenvalue weighted by molar-refractivity contribution is 0.0656. The van der Waals surface area contributed by atoms with Gasteiger partial charge >= 0.3 is 0 Å². The zero-order valence-electron chi connectivity index (χ0n) is 11.3. The van der Waals surface area contributed by atoms with Gasteiger partial charge in [-0.15, -0.1) is 0 Å². The van der Waals surface area contributed by atoms with Gasteiger partial charge in [-0.1, -0.05) is 0 Å². The molecular formula is C12H20N4O2S. The number of hydrogen-bond acceptors (Lipinski definition) is 5. The second kappa shape index (κ2) is 5.07. The van der Waals surface area contributed by atoms with Gasteiger partial charge in [0.05, 0.1) is 5.69 Å². The molecule has 1 aliphatic carbocycles. The van der Waals surface area contributed by atoms with Gasteiger partial charge in [-0.2, -0.15) is 0 Å². The molecule has 0 atom stereocenters. The van der Waals surface area contributed by atoms with Gasteiger partial charge in [0, 0.05) is 18.3 Å². The lowest BCUT2D eigenvalue weighted by atomic mass is 9.76. The third kappa shape index (κ3) is 2.72. The maximum absolute atomic E-state index is 12.2. The van der Waals surface area contributed by atoms with Gasteiger partial charge in [0.15, 0.2) is 5.03 Å². The van der Waals surface area contributed by atoms with Crippen LogP contribution in [0.2, 0.25) is 0 Å². The summed E-state index contributed by atoms with van der Waals surface area (Å²) < 4.78 is 27.0. The highest BCUT2D eigenvalue weighted by Gasteiger charge is 2.40. The lowest BCUT2D eigenvalue weighted by Crippen LogP contribution is -2.57. The van der Waals surface area contributed by atoms with Gasteiger partial charge in [0.1, 0.15) is 0 Å². The minimum Gasteiger partial charge on any atom is -0.396 e. The number of hydrogen-bond donors (Lipinski definition) is 2. The van der Waals surface area contributed by atoms with Gasteiger partial charge in [0.25, 0.3) is 10.0 Å². The number of nitrogen functional groups attached to an aromatic ring is 1. The average Bonchev–Trinajstić information content (AvgIpc) is 2.27. The van der Waals surface area contributed by atoms with Crippen molar-refractivity contribution in [1.29, 1.82) is 0 Å². The molecule has 0 aliphatic heterocycles. The predicted molar refractivity (Wildman–Crippen MR) is 74.1 cm³/mol. The van der Waals surface area contributed by atoms with E-state index in [4.69, 9.17) is 5.73 Å². The molecule has 2 rings (SSSR count). The summed E-state index contributed by atoms with van der Waals surface area (Å²) in [6, 6.07) is 3.15. The first kappa shape index (κ1) is 14.2. The molecule has 1 saturated carbocycles. The van der Waals surface area contributed by atoms with Crippen molar-refractivity contribution in [3.8, 4) is 0 Å². The first-order valence-electron chi connectivity index (χ1n) is 6.25. The molecule has 106 valence electrons. The Morgan fingerprint density at radius 2 is 2.16 bits per heavy atom. The molecule has 1 aliphatic rings.